The third-order valence-corrected chi connectivity index (χ3v) is 4.61. The lowest BCUT2D eigenvalue weighted by Crippen LogP contribution is -2.39. The standard InChI is InChI=1S/C23H27ClF3N3O/c1-15(16-6-9-18(10-7-16)31-23(25,26)27)21(29-12-13-30-22(2,3)4)19-11-8-17(24)14-20(19)28-5/h6-11,14,29-30H,5,12-13H2,1-4H3/b21-15-. The summed E-state index contributed by atoms with van der Waals surface area (Å²) < 4.78 is 41.3. The average molecular weight is 454 g/mol. The summed E-state index contributed by atoms with van der Waals surface area (Å²) in [7, 11) is 0. The van der Waals surface area contributed by atoms with E-state index < -0.39 is 6.36 Å². The lowest BCUT2D eigenvalue weighted by atomic mass is 9.99. The summed E-state index contributed by atoms with van der Waals surface area (Å²) in [4.78, 5) is 4.08. The van der Waals surface area contributed by atoms with Crippen LogP contribution in [0.3, 0.4) is 0 Å². The molecule has 4 nitrogen and oxygen atoms in total. The van der Waals surface area contributed by atoms with E-state index in [4.69, 9.17) is 11.6 Å². The van der Waals surface area contributed by atoms with E-state index in [2.05, 4.69) is 47.9 Å². The van der Waals surface area contributed by atoms with Gasteiger partial charge >= 0.3 is 6.36 Å². The van der Waals surface area contributed by atoms with Crippen molar-refractivity contribution in [2.45, 2.75) is 39.6 Å². The van der Waals surface area contributed by atoms with Crippen LogP contribution in [0.5, 0.6) is 5.75 Å². The summed E-state index contributed by atoms with van der Waals surface area (Å²) in [6.45, 7) is 13.1. The van der Waals surface area contributed by atoms with Crippen molar-refractivity contribution in [3.63, 3.8) is 0 Å². The van der Waals surface area contributed by atoms with E-state index in [9.17, 15) is 13.2 Å². The van der Waals surface area contributed by atoms with Gasteiger partial charge in [-0.25, -0.2) is 0 Å². The molecule has 0 aliphatic carbocycles. The number of alkyl halides is 3. The fourth-order valence-corrected chi connectivity index (χ4v) is 3.12. The molecule has 0 aliphatic heterocycles. The number of nitrogens with one attached hydrogen (secondary N) is 2. The average Bonchev–Trinajstić information content (AvgIpc) is 2.66. The first-order valence-electron chi connectivity index (χ1n) is 9.72. The number of nitrogens with zero attached hydrogens (tertiary/aromatic N) is 1. The second kappa shape index (κ2) is 10.2. The van der Waals surface area contributed by atoms with Crippen LogP contribution in [0.1, 0.15) is 38.8 Å². The lowest BCUT2D eigenvalue weighted by molar-refractivity contribution is -0.274. The molecule has 0 unspecified atom stereocenters. The van der Waals surface area contributed by atoms with E-state index in [-0.39, 0.29) is 11.3 Å². The molecule has 0 radical (unpaired) electrons. The zero-order valence-corrected chi connectivity index (χ0v) is 18.8. The molecule has 168 valence electrons. The Kier molecular flexibility index (Phi) is 8.14. The Morgan fingerprint density at radius 1 is 1.06 bits per heavy atom. The van der Waals surface area contributed by atoms with Gasteiger partial charge in [0.2, 0.25) is 0 Å². The van der Waals surface area contributed by atoms with Crippen LogP contribution in [0, 0.1) is 0 Å². The Hall–Kier alpha value is -2.51. The summed E-state index contributed by atoms with van der Waals surface area (Å²) in [5.41, 5.74) is 3.74. The Morgan fingerprint density at radius 3 is 2.26 bits per heavy atom. The molecule has 2 aromatic carbocycles. The molecule has 0 amide bonds. The molecule has 2 aromatic rings. The van der Waals surface area contributed by atoms with Gasteiger partial charge < -0.3 is 15.4 Å². The van der Waals surface area contributed by atoms with Gasteiger partial charge in [0, 0.05) is 34.9 Å². The van der Waals surface area contributed by atoms with E-state index in [0.717, 1.165) is 22.4 Å². The molecule has 0 aliphatic rings. The minimum Gasteiger partial charge on any atom is -0.406 e. The van der Waals surface area contributed by atoms with Crippen molar-refractivity contribution >= 4 is 35.3 Å². The van der Waals surface area contributed by atoms with E-state index in [1.54, 1.807) is 24.3 Å². The van der Waals surface area contributed by atoms with Crippen molar-refractivity contribution in [3.05, 3.63) is 58.6 Å². The van der Waals surface area contributed by atoms with E-state index >= 15 is 0 Å². The predicted molar refractivity (Wildman–Crippen MR) is 122 cm³/mol. The summed E-state index contributed by atoms with van der Waals surface area (Å²) in [5, 5.41) is 7.37. The van der Waals surface area contributed by atoms with E-state index in [1.807, 2.05) is 13.0 Å². The predicted octanol–water partition coefficient (Wildman–Crippen LogP) is 6.44. The van der Waals surface area contributed by atoms with Crippen molar-refractivity contribution in [1.29, 1.82) is 0 Å². The maximum Gasteiger partial charge on any atom is 0.573 e. The highest BCUT2D eigenvalue weighted by Gasteiger charge is 2.31. The third-order valence-electron chi connectivity index (χ3n) is 4.38. The van der Waals surface area contributed by atoms with Gasteiger partial charge in [-0.1, -0.05) is 23.7 Å². The lowest BCUT2D eigenvalue weighted by Gasteiger charge is -2.22. The largest absolute Gasteiger partial charge is 0.573 e. The fourth-order valence-electron chi connectivity index (χ4n) is 2.95. The second-order valence-electron chi connectivity index (χ2n) is 8.00. The fraction of sp³-hybridized carbons (Fsp3) is 0.348. The molecule has 0 saturated heterocycles. The smallest absolute Gasteiger partial charge is 0.406 e. The molecule has 0 fully saturated rings. The minimum absolute atomic E-state index is 0.0248. The van der Waals surface area contributed by atoms with Crippen molar-refractivity contribution in [1.82, 2.24) is 10.6 Å². The quantitative estimate of drug-likeness (QED) is 0.275. The van der Waals surface area contributed by atoms with Crippen LogP contribution in [-0.4, -0.2) is 31.7 Å². The van der Waals surface area contributed by atoms with Crippen LogP contribution >= 0.6 is 11.6 Å². The molecule has 0 aromatic heterocycles. The molecule has 2 rings (SSSR count). The zero-order valence-electron chi connectivity index (χ0n) is 18.0. The van der Waals surface area contributed by atoms with Gasteiger partial charge in [0.25, 0.3) is 0 Å². The first-order valence-corrected chi connectivity index (χ1v) is 10.1. The first kappa shape index (κ1) is 24.8. The van der Waals surface area contributed by atoms with Crippen molar-refractivity contribution in [2.24, 2.45) is 4.99 Å². The minimum atomic E-state index is -4.73. The summed E-state index contributed by atoms with van der Waals surface area (Å²) >= 11 is 6.10. The number of benzene rings is 2. The van der Waals surface area contributed by atoms with Crippen molar-refractivity contribution in [3.8, 4) is 5.75 Å². The van der Waals surface area contributed by atoms with Crippen molar-refractivity contribution in [2.75, 3.05) is 13.1 Å². The van der Waals surface area contributed by atoms with Gasteiger partial charge in [0.15, 0.2) is 0 Å². The van der Waals surface area contributed by atoms with Gasteiger partial charge in [-0.2, -0.15) is 0 Å². The maximum absolute atomic E-state index is 12.4. The van der Waals surface area contributed by atoms with Gasteiger partial charge in [-0.3, -0.25) is 4.99 Å². The van der Waals surface area contributed by atoms with Gasteiger partial charge in [0.05, 0.1) is 5.69 Å². The molecule has 0 heterocycles. The van der Waals surface area contributed by atoms with E-state index in [0.29, 0.717) is 23.8 Å². The van der Waals surface area contributed by atoms with Gasteiger partial charge in [-0.15, -0.1) is 13.2 Å². The Labute approximate surface area is 186 Å². The number of halogens is 4. The summed E-state index contributed by atoms with van der Waals surface area (Å²) in [6.07, 6.45) is -4.73. The van der Waals surface area contributed by atoms with Crippen LogP contribution < -0.4 is 15.4 Å². The van der Waals surface area contributed by atoms with Gasteiger partial charge in [0.1, 0.15) is 5.75 Å². The van der Waals surface area contributed by atoms with E-state index in [1.165, 1.54) is 12.1 Å². The van der Waals surface area contributed by atoms with Crippen LogP contribution in [0.2, 0.25) is 5.02 Å². The maximum atomic E-state index is 12.4. The number of ether oxygens (including phenoxy) is 1. The Morgan fingerprint density at radius 2 is 1.71 bits per heavy atom. The monoisotopic (exact) mass is 453 g/mol. The third kappa shape index (κ3) is 7.92. The van der Waals surface area contributed by atoms with Crippen LogP contribution in [0.25, 0.3) is 11.3 Å². The molecular weight excluding hydrogens is 427 g/mol. The Balaban J connectivity index is 2.40. The van der Waals surface area contributed by atoms with Crippen molar-refractivity contribution < 1.29 is 17.9 Å². The normalized spacial score (nSPS) is 12.9. The molecule has 0 spiro atoms. The van der Waals surface area contributed by atoms with Crippen LogP contribution in [0.15, 0.2) is 47.5 Å². The first-order chi connectivity index (χ1) is 14.4. The van der Waals surface area contributed by atoms with Crippen LogP contribution in [0.4, 0.5) is 18.9 Å². The van der Waals surface area contributed by atoms with Crippen LogP contribution in [-0.2, 0) is 0 Å². The number of hydrogen-bond donors (Lipinski definition) is 2. The number of rotatable bonds is 8. The molecule has 0 bridgehead atoms. The SMILES string of the molecule is C=Nc1cc(Cl)ccc1/C(NCCNC(C)(C)C)=C(\C)c1ccc(OC(F)(F)F)cc1. The number of aliphatic imine (C=N–C) groups is 1. The zero-order chi connectivity index (χ0) is 23.2. The summed E-state index contributed by atoms with van der Waals surface area (Å²) in [5.74, 6) is -0.270. The molecule has 0 saturated carbocycles. The number of hydrogen-bond acceptors (Lipinski definition) is 4. The van der Waals surface area contributed by atoms with Gasteiger partial charge in [-0.05, 0) is 75.9 Å². The second-order valence-corrected chi connectivity index (χ2v) is 8.43. The molecule has 0 atom stereocenters. The summed E-state index contributed by atoms with van der Waals surface area (Å²) in [6, 6.07) is 11.1. The number of allylic oxidation sites excluding steroid dienone is 1. The highest BCUT2D eigenvalue weighted by atomic mass is 35.5. The molecular formula is C23H27ClF3N3O. The highest BCUT2D eigenvalue weighted by Crippen LogP contribution is 2.33. The molecule has 2 N–H and O–H groups in total. The molecule has 31 heavy (non-hydrogen) atoms. The topological polar surface area (TPSA) is 45.7 Å². The Bertz CT molecular complexity index is 933. The molecule has 8 heteroatoms. The highest BCUT2D eigenvalue weighted by molar-refractivity contribution is 6.31.